The Kier molecular flexibility index (Phi) is 10.2. The monoisotopic (exact) mass is 456 g/mol. The number of hydrogen-bond acceptors (Lipinski definition) is 6. The van der Waals surface area contributed by atoms with E-state index in [0.717, 1.165) is 0 Å². The van der Waals surface area contributed by atoms with E-state index in [1.54, 1.807) is 47.4 Å². The Hall–Kier alpha value is -3.59. The number of ether oxygens (including phenoxy) is 2. The highest BCUT2D eigenvalue weighted by Gasteiger charge is 2.16. The molecule has 3 N–H and O–H groups in total. The third kappa shape index (κ3) is 8.82. The molecule has 0 spiro atoms. The smallest absolute Gasteiger partial charge is 0.238 e. The number of hydrogen-bond donors (Lipinski definition) is 3. The van der Waals surface area contributed by atoms with Crippen LogP contribution in [0.5, 0.6) is 11.5 Å². The van der Waals surface area contributed by atoms with Gasteiger partial charge in [-0.15, -0.1) is 0 Å². The summed E-state index contributed by atoms with van der Waals surface area (Å²) in [6.45, 7) is 8.63. The molecule has 0 fully saturated rings. The molecule has 2 rings (SSSR count). The summed E-state index contributed by atoms with van der Waals surface area (Å²) in [5, 5.41) is 8.32. The first-order valence-electron chi connectivity index (χ1n) is 10.9. The first-order valence-corrected chi connectivity index (χ1v) is 10.9. The maximum atomic E-state index is 12.7. The highest BCUT2D eigenvalue weighted by Crippen LogP contribution is 2.29. The number of benzene rings is 2. The summed E-state index contributed by atoms with van der Waals surface area (Å²) in [5.74, 6) is 0.510. The van der Waals surface area contributed by atoms with Crippen molar-refractivity contribution in [2.75, 3.05) is 48.8 Å². The lowest BCUT2D eigenvalue weighted by Gasteiger charge is -2.20. The van der Waals surface area contributed by atoms with Gasteiger partial charge in [-0.1, -0.05) is 6.92 Å². The quantitative estimate of drug-likeness (QED) is 0.452. The van der Waals surface area contributed by atoms with Crippen LogP contribution >= 0.6 is 0 Å². The molecule has 3 amide bonds. The second kappa shape index (κ2) is 13.1. The van der Waals surface area contributed by atoms with E-state index in [1.807, 2.05) is 20.8 Å². The maximum Gasteiger partial charge on any atom is 0.238 e. The summed E-state index contributed by atoms with van der Waals surface area (Å²) >= 11 is 0. The predicted molar refractivity (Wildman–Crippen MR) is 129 cm³/mol. The first kappa shape index (κ1) is 25.7. The average molecular weight is 457 g/mol. The Morgan fingerprint density at radius 1 is 0.788 bits per heavy atom. The Morgan fingerprint density at radius 2 is 1.36 bits per heavy atom. The summed E-state index contributed by atoms with van der Waals surface area (Å²) in [6.07, 6.45) is 0. The Bertz CT molecular complexity index is 946. The van der Waals surface area contributed by atoms with Crippen LogP contribution in [-0.2, 0) is 14.4 Å². The maximum absolute atomic E-state index is 12.7. The molecule has 0 saturated carbocycles. The number of carbonyl (C=O) groups is 3. The van der Waals surface area contributed by atoms with Crippen LogP contribution in [0.3, 0.4) is 0 Å². The van der Waals surface area contributed by atoms with Gasteiger partial charge >= 0.3 is 0 Å². The molecule has 0 aromatic heterocycles. The summed E-state index contributed by atoms with van der Waals surface area (Å²) in [7, 11) is 0. The molecular formula is C24H32N4O5. The molecule has 0 aliphatic rings. The van der Waals surface area contributed by atoms with Crippen molar-refractivity contribution in [1.82, 2.24) is 4.90 Å². The molecule has 0 heterocycles. The Balaban J connectivity index is 1.94. The van der Waals surface area contributed by atoms with Crippen LogP contribution < -0.4 is 25.4 Å². The second-order valence-corrected chi connectivity index (χ2v) is 7.18. The molecular weight excluding hydrogens is 424 g/mol. The molecule has 0 atom stereocenters. The zero-order valence-corrected chi connectivity index (χ0v) is 19.6. The van der Waals surface area contributed by atoms with Gasteiger partial charge in [0.1, 0.15) is 11.5 Å². The number of nitrogens with one attached hydrogen (secondary N) is 3. The number of carbonyl (C=O) groups excluding carboxylic acids is 3. The van der Waals surface area contributed by atoms with Crippen LogP contribution in [0.1, 0.15) is 27.7 Å². The number of nitrogens with zero attached hydrogens (tertiary/aromatic N) is 1. The lowest BCUT2D eigenvalue weighted by atomic mass is 10.2. The van der Waals surface area contributed by atoms with Crippen molar-refractivity contribution in [3.8, 4) is 11.5 Å². The van der Waals surface area contributed by atoms with Gasteiger partial charge in [0.15, 0.2) is 0 Å². The van der Waals surface area contributed by atoms with Crippen molar-refractivity contribution in [3.05, 3.63) is 42.5 Å². The van der Waals surface area contributed by atoms with Crippen molar-refractivity contribution in [2.45, 2.75) is 27.7 Å². The Morgan fingerprint density at radius 3 is 1.91 bits per heavy atom. The predicted octanol–water partition coefficient (Wildman–Crippen LogP) is 3.34. The normalized spacial score (nSPS) is 10.5. The number of anilines is 3. The van der Waals surface area contributed by atoms with Gasteiger partial charge in [-0.2, -0.15) is 0 Å². The fourth-order valence-corrected chi connectivity index (χ4v) is 3.06. The van der Waals surface area contributed by atoms with Gasteiger partial charge in [0, 0.05) is 24.4 Å². The van der Waals surface area contributed by atoms with Gasteiger partial charge in [0.05, 0.1) is 32.0 Å². The van der Waals surface area contributed by atoms with Crippen molar-refractivity contribution in [2.24, 2.45) is 0 Å². The minimum absolute atomic E-state index is 0.0375. The standard InChI is InChI=1S/C24H32N4O5/c1-5-28(15-23(30)26-19-10-8-18(9-11-19)25-17(4)29)16-24(31)27-21-14-20(32-6-2)12-13-22(21)33-7-3/h8-14H,5-7,15-16H2,1-4H3,(H,25,29)(H,26,30)(H,27,31). The van der Waals surface area contributed by atoms with Crippen molar-refractivity contribution in [3.63, 3.8) is 0 Å². The summed E-state index contributed by atoms with van der Waals surface area (Å²) in [6, 6.07) is 12.1. The zero-order valence-electron chi connectivity index (χ0n) is 19.6. The molecule has 0 bridgehead atoms. The lowest BCUT2D eigenvalue weighted by Crippen LogP contribution is -2.38. The van der Waals surface area contributed by atoms with Gasteiger partial charge in [0.2, 0.25) is 17.7 Å². The van der Waals surface area contributed by atoms with E-state index in [4.69, 9.17) is 9.47 Å². The van der Waals surface area contributed by atoms with Gasteiger partial charge < -0.3 is 25.4 Å². The first-order chi connectivity index (χ1) is 15.8. The van der Waals surface area contributed by atoms with E-state index in [-0.39, 0.29) is 30.8 Å². The van der Waals surface area contributed by atoms with E-state index in [0.29, 0.717) is 48.3 Å². The molecule has 2 aromatic rings. The molecule has 0 radical (unpaired) electrons. The van der Waals surface area contributed by atoms with Crippen LogP contribution in [0.4, 0.5) is 17.1 Å². The third-order valence-corrected chi connectivity index (χ3v) is 4.51. The van der Waals surface area contributed by atoms with Gasteiger partial charge in [-0.3, -0.25) is 19.3 Å². The average Bonchev–Trinajstić information content (AvgIpc) is 2.76. The molecule has 0 saturated heterocycles. The van der Waals surface area contributed by atoms with E-state index >= 15 is 0 Å². The molecule has 9 heteroatoms. The van der Waals surface area contributed by atoms with Gasteiger partial charge in [-0.25, -0.2) is 0 Å². The van der Waals surface area contributed by atoms with Gasteiger partial charge in [-0.05, 0) is 56.8 Å². The summed E-state index contributed by atoms with van der Waals surface area (Å²) in [4.78, 5) is 37.9. The lowest BCUT2D eigenvalue weighted by molar-refractivity contribution is -0.120. The molecule has 0 aliphatic heterocycles. The van der Waals surface area contributed by atoms with Gasteiger partial charge in [0.25, 0.3) is 0 Å². The molecule has 0 unspecified atom stereocenters. The zero-order chi connectivity index (χ0) is 24.2. The van der Waals surface area contributed by atoms with E-state index in [9.17, 15) is 14.4 Å². The summed E-state index contributed by atoms with van der Waals surface area (Å²) < 4.78 is 11.1. The fraction of sp³-hybridized carbons (Fsp3) is 0.375. The molecule has 33 heavy (non-hydrogen) atoms. The SMILES string of the molecule is CCOc1ccc(OCC)c(NC(=O)CN(CC)CC(=O)Nc2ccc(NC(C)=O)cc2)c1. The van der Waals surface area contributed by atoms with Crippen LogP contribution in [0.2, 0.25) is 0 Å². The fourth-order valence-electron chi connectivity index (χ4n) is 3.06. The molecule has 0 aliphatic carbocycles. The number of rotatable bonds is 12. The minimum Gasteiger partial charge on any atom is -0.494 e. The third-order valence-electron chi connectivity index (χ3n) is 4.51. The highest BCUT2D eigenvalue weighted by atomic mass is 16.5. The van der Waals surface area contributed by atoms with Crippen LogP contribution in [0.15, 0.2) is 42.5 Å². The number of amides is 3. The molecule has 9 nitrogen and oxygen atoms in total. The largest absolute Gasteiger partial charge is 0.494 e. The number of likely N-dealkylation sites (N-methyl/N-ethyl adjacent to an activating group) is 1. The second-order valence-electron chi connectivity index (χ2n) is 7.18. The summed E-state index contributed by atoms with van der Waals surface area (Å²) in [5.41, 5.74) is 1.77. The van der Waals surface area contributed by atoms with E-state index < -0.39 is 0 Å². The van der Waals surface area contributed by atoms with Crippen LogP contribution in [0, 0.1) is 0 Å². The van der Waals surface area contributed by atoms with Crippen molar-refractivity contribution < 1.29 is 23.9 Å². The highest BCUT2D eigenvalue weighted by molar-refractivity contribution is 5.96. The van der Waals surface area contributed by atoms with Crippen LogP contribution in [-0.4, -0.2) is 55.5 Å². The molecule has 2 aromatic carbocycles. The van der Waals surface area contributed by atoms with E-state index in [2.05, 4.69) is 16.0 Å². The Labute approximate surface area is 194 Å². The van der Waals surface area contributed by atoms with E-state index in [1.165, 1.54) is 6.92 Å². The van der Waals surface area contributed by atoms with Crippen molar-refractivity contribution in [1.29, 1.82) is 0 Å². The molecule has 178 valence electrons. The van der Waals surface area contributed by atoms with Crippen LogP contribution in [0.25, 0.3) is 0 Å². The minimum atomic E-state index is -0.265. The topological polar surface area (TPSA) is 109 Å². The van der Waals surface area contributed by atoms with Crippen molar-refractivity contribution >= 4 is 34.8 Å².